The summed E-state index contributed by atoms with van der Waals surface area (Å²) in [5.41, 5.74) is 6.07. The molecule has 0 atom stereocenters. The Morgan fingerprint density at radius 2 is 2.31 bits per heavy atom. The maximum Gasteiger partial charge on any atom is 0.211 e. The Morgan fingerprint density at radius 1 is 1.56 bits per heavy atom. The molecule has 16 heavy (non-hydrogen) atoms. The topological polar surface area (TPSA) is 90.0 Å². The summed E-state index contributed by atoms with van der Waals surface area (Å²) in [5.74, 6) is 0.631. The van der Waals surface area contributed by atoms with Crippen LogP contribution in [0, 0.1) is 5.92 Å². The van der Waals surface area contributed by atoms with Crippen molar-refractivity contribution < 1.29 is 8.42 Å². The zero-order chi connectivity index (χ0) is 11.6. The van der Waals surface area contributed by atoms with Gasteiger partial charge in [-0.3, -0.25) is 4.68 Å². The number of nitrogens with two attached hydrogens (primary N) is 1. The third-order valence-electron chi connectivity index (χ3n) is 2.47. The first-order chi connectivity index (χ1) is 7.55. The fourth-order valence-electron chi connectivity index (χ4n) is 1.47. The number of anilines is 1. The van der Waals surface area contributed by atoms with Crippen molar-refractivity contribution in [3.63, 3.8) is 0 Å². The van der Waals surface area contributed by atoms with Crippen LogP contribution in [0.5, 0.6) is 0 Å². The second kappa shape index (κ2) is 4.42. The summed E-state index contributed by atoms with van der Waals surface area (Å²) < 4.78 is 27.2. The number of sulfonamides is 1. The molecule has 1 aromatic rings. The maximum atomic E-state index is 11.5. The summed E-state index contributed by atoms with van der Waals surface area (Å²) >= 11 is 0. The van der Waals surface area contributed by atoms with E-state index in [0.29, 0.717) is 24.7 Å². The monoisotopic (exact) mass is 244 g/mol. The molecule has 2 rings (SSSR count). The molecule has 7 heteroatoms. The van der Waals surface area contributed by atoms with Crippen LogP contribution in [0.3, 0.4) is 0 Å². The van der Waals surface area contributed by atoms with Gasteiger partial charge in [0.25, 0.3) is 0 Å². The molecule has 0 aromatic carbocycles. The fourth-order valence-corrected chi connectivity index (χ4v) is 2.95. The van der Waals surface area contributed by atoms with E-state index in [1.54, 1.807) is 17.1 Å². The molecule has 0 amide bonds. The van der Waals surface area contributed by atoms with Gasteiger partial charge in [-0.05, 0) is 18.8 Å². The van der Waals surface area contributed by atoms with Crippen LogP contribution >= 0.6 is 0 Å². The molecule has 1 aliphatic rings. The Kier molecular flexibility index (Phi) is 3.15. The van der Waals surface area contributed by atoms with Crippen LogP contribution in [0.15, 0.2) is 12.4 Å². The fraction of sp³-hybridized carbons (Fsp3) is 0.667. The zero-order valence-electron chi connectivity index (χ0n) is 8.96. The molecule has 1 fully saturated rings. The van der Waals surface area contributed by atoms with E-state index in [2.05, 4.69) is 9.82 Å². The SMILES string of the molecule is Nc1cnn(CCNS(=O)(=O)CC2CC2)c1. The molecule has 1 aromatic heterocycles. The van der Waals surface area contributed by atoms with Crippen molar-refractivity contribution in [1.29, 1.82) is 0 Å². The lowest BCUT2D eigenvalue weighted by Gasteiger charge is -2.05. The predicted molar refractivity (Wildman–Crippen MR) is 61.2 cm³/mol. The standard InChI is InChI=1S/C9H16N4O2S/c10-9-5-11-13(6-9)4-3-12-16(14,15)7-8-1-2-8/h5-6,8,12H,1-4,7,10H2. The lowest BCUT2D eigenvalue weighted by atomic mass is 10.5. The van der Waals surface area contributed by atoms with Gasteiger partial charge in [-0.1, -0.05) is 0 Å². The van der Waals surface area contributed by atoms with Crippen molar-refractivity contribution in [2.75, 3.05) is 18.0 Å². The second-order valence-electron chi connectivity index (χ2n) is 4.16. The number of rotatable bonds is 6. The van der Waals surface area contributed by atoms with Gasteiger partial charge in [0, 0.05) is 12.7 Å². The highest BCUT2D eigenvalue weighted by molar-refractivity contribution is 7.89. The highest BCUT2D eigenvalue weighted by Crippen LogP contribution is 2.29. The first-order valence-corrected chi connectivity index (χ1v) is 6.96. The Bertz CT molecular complexity index is 450. The van der Waals surface area contributed by atoms with Crippen molar-refractivity contribution in [3.05, 3.63) is 12.4 Å². The van der Waals surface area contributed by atoms with E-state index < -0.39 is 10.0 Å². The molecule has 1 aliphatic carbocycles. The lowest BCUT2D eigenvalue weighted by Crippen LogP contribution is -2.30. The van der Waals surface area contributed by atoms with Crippen molar-refractivity contribution in [2.45, 2.75) is 19.4 Å². The Balaban J connectivity index is 1.74. The molecule has 1 heterocycles. The summed E-state index contributed by atoms with van der Waals surface area (Å²) in [6, 6.07) is 0. The molecule has 0 saturated heterocycles. The van der Waals surface area contributed by atoms with Gasteiger partial charge in [0.15, 0.2) is 0 Å². The Morgan fingerprint density at radius 3 is 2.88 bits per heavy atom. The van der Waals surface area contributed by atoms with Crippen molar-refractivity contribution in [2.24, 2.45) is 5.92 Å². The van der Waals surface area contributed by atoms with Gasteiger partial charge in [-0.15, -0.1) is 0 Å². The molecule has 0 bridgehead atoms. The van der Waals surface area contributed by atoms with Gasteiger partial charge >= 0.3 is 0 Å². The van der Waals surface area contributed by atoms with Crippen molar-refractivity contribution >= 4 is 15.7 Å². The second-order valence-corrected chi connectivity index (χ2v) is 6.01. The summed E-state index contributed by atoms with van der Waals surface area (Å²) in [5, 5.41) is 3.97. The average molecular weight is 244 g/mol. The van der Waals surface area contributed by atoms with Crippen LogP contribution in [-0.2, 0) is 16.6 Å². The number of nitrogen functional groups attached to an aromatic ring is 1. The van der Waals surface area contributed by atoms with E-state index >= 15 is 0 Å². The number of hydrogen-bond donors (Lipinski definition) is 2. The Labute approximate surface area is 94.9 Å². The molecule has 1 saturated carbocycles. The van der Waals surface area contributed by atoms with Crippen LogP contribution in [0.2, 0.25) is 0 Å². The zero-order valence-corrected chi connectivity index (χ0v) is 9.78. The number of aromatic nitrogens is 2. The van der Waals surface area contributed by atoms with E-state index in [1.807, 2.05) is 0 Å². The summed E-state index contributed by atoms with van der Waals surface area (Å²) in [4.78, 5) is 0. The van der Waals surface area contributed by atoms with E-state index in [-0.39, 0.29) is 5.75 Å². The summed E-state index contributed by atoms with van der Waals surface area (Å²) in [6.45, 7) is 0.858. The average Bonchev–Trinajstić information content (AvgIpc) is 2.87. The van der Waals surface area contributed by atoms with Crippen LogP contribution in [0.4, 0.5) is 5.69 Å². The third kappa shape index (κ3) is 3.49. The van der Waals surface area contributed by atoms with Gasteiger partial charge in [0.1, 0.15) is 0 Å². The third-order valence-corrected chi connectivity index (χ3v) is 4.02. The number of nitrogens with one attached hydrogen (secondary N) is 1. The van der Waals surface area contributed by atoms with Crippen LogP contribution in [0.1, 0.15) is 12.8 Å². The maximum absolute atomic E-state index is 11.5. The normalized spacial score (nSPS) is 16.5. The highest BCUT2D eigenvalue weighted by Gasteiger charge is 2.27. The minimum atomic E-state index is -3.10. The van der Waals surface area contributed by atoms with Crippen LogP contribution in [-0.4, -0.2) is 30.5 Å². The van der Waals surface area contributed by atoms with E-state index in [1.165, 1.54) is 0 Å². The summed E-state index contributed by atoms with van der Waals surface area (Å²) in [6.07, 6.45) is 5.29. The molecule has 0 spiro atoms. The Hall–Kier alpha value is -1.08. The molecule has 0 aliphatic heterocycles. The van der Waals surface area contributed by atoms with Gasteiger partial charge in [0.2, 0.25) is 10.0 Å². The van der Waals surface area contributed by atoms with Crippen LogP contribution in [0.25, 0.3) is 0 Å². The lowest BCUT2D eigenvalue weighted by molar-refractivity contribution is 0.558. The molecule has 90 valence electrons. The van der Waals surface area contributed by atoms with Crippen molar-refractivity contribution in [3.8, 4) is 0 Å². The first-order valence-electron chi connectivity index (χ1n) is 5.30. The first kappa shape index (κ1) is 11.4. The molecule has 0 unspecified atom stereocenters. The van der Waals surface area contributed by atoms with Gasteiger partial charge in [0.05, 0.1) is 24.2 Å². The van der Waals surface area contributed by atoms with Gasteiger partial charge in [-0.2, -0.15) is 5.10 Å². The number of hydrogen-bond acceptors (Lipinski definition) is 4. The van der Waals surface area contributed by atoms with E-state index in [0.717, 1.165) is 12.8 Å². The quantitative estimate of drug-likeness (QED) is 0.725. The van der Waals surface area contributed by atoms with Crippen LogP contribution < -0.4 is 10.5 Å². The van der Waals surface area contributed by atoms with Gasteiger partial charge < -0.3 is 5.73 Å². The minimum Gasteiger partial charge on any atom is -0.396 e. The van der Waals surface area contributed by atoms with Crippen molar-refractivity contribution in [1.82, 2.24) is 14.5 Å². The minimum absolute atomic E-state index is 0.258. The van der Waals surface area contributed by atoms with E-state index in [4.69, 9.17) is 5.73 Å². The molecular weight excluding hydrogens is 228 g/mol. The molecular formula is C9H16N4O2S. The van der Waals surface area contributed by atoms with E-state index in [9.17, 15) is 8.42 Å². The highest BCUT2D eigenvalue weighted by atomic mass is 32.2. The smallest absolute Gasteiger partial charge is 0.211 e. The summed E-state index contributed by atoms with van der Waals surface area (Å²) in [7, 11) is -3.10. The predicted octanol–water partition coefficient (Wildman–Crippen LogP) is -0.205. The number of nitrogens with zero attached hydrogens (tertiary/aromatic N) is 2. The largest absolute Gasteiger partial charge is 0.396 e. The molecule has 0 radical (unpaired) electrons. The molecule has 6 nitrogen and oxygen atoms in total. The van der Waals surface area contributed by atoms with Gasteiger partial charge in [-0.25, -0.2) is 13.1 Å². The molecule has 3 N–H and O–H groups in total.